The summed E-state index contributed by atoms with van der Waals surface area (Å²) < 4.78 is 1.20. The average molecular weight is 360 g/mol. The molecule has 114 valence electrons. The molecule has 1 unspecified atom stereocenters. The third kappa shape index (κ3) is 5.11. The maximum absolute atomic E-state index is 3.57. The van der Waals surface area contributed by atoms with Gasteiger partial charge in [-0.2, -0.15) is 0 Å². The Morgan fingerprint density at radius 3 is 3.00 bits per heavy atom. The summed E-state index contributed by atoms with van der Waals surface area (Å²) in [5.41, 5.74) is 0. The molecule has 1 aromatic heterocycles. The Kier molecular flexibility index (Phi) is 6.97. The van der Waals surface area contributed by atoms with Gasteiger partial charge in [0.15, 0.2) is 0 Å². The second kappa shape index (κ2) is 8.49. The Balaban J connectivity index is 1.71. The van der Waals surface area contributed by atoms with E-state index < -0.39 is 0 Å². The lowest BCUT2D eigenvalue weighted by molar-refractivity contribution is 0.184. The van der Waals surface area contributed by atoms with E-state index in [9.17, 15) is 0 Å². The first-order valence-electron chi connectivity index (χ1n) is 7.55. The predicted octanol–water partition coefficient (Wildman–Crippen LogP) is 3.02. The molecule has 0 amide bonds. The zero-order chi connectivity index (χ0) is 14.4. The molecule has 3 nitrogen and oxygen atoms in total. The highest BCUT2D eigenvalue weighted by atomic mass is 79.9. The number of hydrogen-bond donors (Lipinski definition) is 1. The number of halogens is 1. The molecule has 1 aliphatic heterocycles. The smallest absolute Gasteiger partial charge is 0.0300 e. The molecule has 5 heteroatoms. The second-order valence-electron chi connectivity index (χ2n) is 5.62. The molecule has 0 bridgehead atoms. The van der Waals surface area contributed by atoms with Gasteiger partial charge in [0, 0.05) is 47.0 Å². The van der Waals surface area contributed by atoms with Crippen LogP contribution in [-0.2, 0) is 6.54 Å². The summed E-state index contributed by atoms with van der Waals surface area (Å²) in [5, 5.41) is 5.72. The zero-order valence-electron chi connectivity index (χ0n) is 12.6. The van der Waals surface area contributed by atoms with Crippen LogP contribution in [0.5, 0.6) is 0 Å². The van der Waals surface area contributed by atoms with E-state index >= 15 is 0 Å². The van der Waals surface area contributed by atoms with Crippen LogP contribution >= 0.6 is 27.3 Å². The van der Waals surface area contributed by atoms with Crippen LogP contribution in [0.4, 0.5) is 0 Å². The number of likely N-dealkylation sites (N-methyl/N-ethyl adjacent to an activating group) is 1. The zero-order valence-corrected chi connectivity index (χ0v) is 15.0. The lowest BCUT2D eigenvalue weighted by Gasteiger charge is -2.30. The van der Waals surface area contributed by atoms with Gasteiger partial charge in [-0.25, -0.2) is 0 Å². The van der Waals surface area contributed by atoms with Gasteiger partial charge < -0.3 is 10.2 Å². The van der Waals surface area contributed by atoms with Crippen LogP contribution in [-0.4, -0.2) is 55.6 Å². The Bertz CT molecular complexity index is 396. The summed E-state index contributed by atoms with van der Waals surface area (Å²) in [4.78, 5) is 6.55. The maximum atomic E-state index is 3.57. The number of nitrogens with zero attached hydrogens (tertiary/aromatic N) is 2. The van der Waals surface area contributed by atoms with E-state index in [1.807, 2.05) is 11.3 Å². The Hall–Kier alpha value is 0.0600. The summed E-state index contributed by atoms with van der Waals surface area (Å²) >= 11 is 5.32. The molecule has 2 heterocycles. The first kappa shape index (κ1) is 16.4. The van der Waals surface area contributed by atoms with Crippen molar-refractivity contribution in [3.05, 3.63) is 20.8 Å². The normalized spacial score (nSPS) is 22.1. The maximum Gasteiger partial charge on any atom is 0.0300 e. The first-order valence-corrected chi connectivity index (χ1v) is 9.22. The molecule has 1 N–H and O–H groups in total. The van der Waals surface area contributed by atoms with Gasteiger partial charge in [-0.05, 0) is 55.0 Å². The van der Waals surface area contributed by atoms with Gasteiger partial charge in [-0.1, -0.05) is 6.92 Å². The third-order valence-electron chi connectivity index (χ3n) is 3.99. The molecule has 0 radical (unpaired) electrons. The van der Waals surface area contributed by atoms with Crippen molar-refractivity contribution in [3.8, 4) is 0 Å². The van der Waals surface area contributed by atoms with Crippen molar-refractivity contribution < 1.29 is 0 Å². The van der Waals surface area contributed by atoms with E-state index in [-0.39, 0.29) is 0 Å². The molecule has 0 spiro atoms. The molecular formula is C15H26BrN3S. The van der Waals surface area contributed by atoms with E-state index in [1.54, 1.807) is 0 Å². The van der Waals surface area contributed by atoms with Crippen LogP contribution in [0.15, 0.2) is 15.9 Å². The first-order chi connectivity index (χ1) is 9.69. The summed E-state index contributed by atoms with van der Waals surface area (Å²) in [6.07, 6.45) is 2.55. The van der Waals surface area contributed by atoms with Crippen molar-refractivity contribution in [2.24, 2.45) is 0 Å². The predicted molar refractivity (Wildman–Crippen MR) is 91.5 cm³/mol. The Morgan fingerprint density at radius 1 is 1.45 bits per heavy atom. The van der Waals surface area contributed by atoms with Crippen molar-refractivity contribution in [1.82, 2.24) is 15.1 Å². The Labute approximate surface area is 135 Å². The summed E-state index contributed by atoms with van der Waals surface area (Å²) in [7, 11) is 2.25. The fourth-order valence-corrected chi connectivity index (χ4v) is 4.28. The second-order valence-corrected chi connectivity index (χ2v) is 7.53. The molecular weight excluding hydrogens is 334 g/mol. The standard InChI is InChI=1S/C15H26BrN3S/c1-3-14-11-18(2)6-4-7-19(14)8-5-17-10-15-9-13(16)12-20-15/h9,12,14,17H,3-8,10-11H2,1-2H3. The molecule has 2 rings (SSSR count). The van der Waals surface area contributed by atoms with Crippen LogP contribution < -0.4 is 5.32 Å². The minimum atomic E-state index is 0.722. The van der Waals surface area contributed by atoms with E-state index in [1.165, 1.54) is 48.4 Å². The number of hydrogen-bond acceptors (Lipinski definition) is 4. The fraction of sp³-hybridized carbons (Fsp3) is 0.733. The van der Waals surface area contributed by atoms with E-state index in [0.29, 0.717) is 0 Å². The average Bonchev–Trinajstić information content (AvgIpc) is 2.75. The molecule has 1 fully saturated rings. The van der Waals surface area contributed by atoms with Gasteiger partial charge in [0.05, 0.1) is 0 Å². The minimum Gasteiger partial charge on any atom is -0.311 e. The van der Waals surface area contributed by atoms with Crippen LogP contribution in [0.1, 0.15) is 24.6 Å². The fourth-order valence-electron chi connectivity index (χ4n) is 2.86. The molecule has 1 atom stereocenters. The molecule has 1 aromatic rings. The molecule has 20 heavy (non-hydrogen) atoms. The highest BCUT2D eigenvalue weighted by Gasteiger charge is 2.21. The van der Waals surface area contributed by atoms with E-state index in [0.717, 1.165) is 19.1 Å². The van der Waals surface area contributed by atoms with E-state index in [4.69, 9.17) is 0 Å². The highest BCUT2D eigenvalue weighted by Crippen LogP contribution is 2.19. The topological polar surface area (TPSA) is 18.5 Å². The molecule has 0 aliphatic carbocycles. The van der Waals surface area contributed by atoms with Gasteiger partial charge in [0.25, 0.3) is 0 Å². The van der Waals surface area contributed by atoms with Gasteiger partial charge in [0.2, 0.25) is 0 Å². The summed E-state index contributed by atoms with van der Waals surface area (Å²) in [6, 6.07) is 2.92. The lowest BCUT2D eigenvalue weighted by Crippen LogP contribution is -2.42. The molecule has 0 aromatic carbocycles. The van der Waals surface area contributed by atoms with Crippen molar-refractivity contribution in [2.45, 2.75) is 32.4 Å². The summed E-state index contributed by atoms with van der Waals surface area (Å²) in [6.45, 7) is 9.25. The van der Waals surface area contributed by atoms with Gasteiger partial charge in [0.1, 0.15) is 0 Å². The van der Waals surface area contributed by atoms with Gasteiger partial charge in [-0.15, -0.1) is 11.3 Å². The van der Waals surface area contributed by atoms with Crippen LogP contribution in [0, 0.1) is 0 Å². The van der Waals surface area contributed by atoms with Crippen molar-refractivity contribution in [1.29, 1.82) is 0 Å². The monoisotopic (exact) mass is 359 g/mol. The number of nitrogens with one attached hydrogen (secondary N) is 1. The van der Waals surface area contributed by atoms with Gasteiger partial charge in [-0.3, -0.25) is 4.90 Å². The van der Waals surface area contributed by atoms with Crippen molar-refractivity contribution >= 4 is 27.3 Å². The lowest BCUT2D eigenvalue weighted by atomic mass is 10.2. The van der Waals surface area contributed by atoms with Crippen LogP contribution in [0.3, 0.4) is 0 Å². The molecule has 1 saturated heterocycles. The highest BCUT2D eigenvalue weighted by molar-refractivity contribution is 9.10. The van der Waals surface area contributed by atoms with Gasteiger partial charge >= 0.3 is 0 Å². The van der Waals surface area contributed by atoms with E-state index in [2.05, 4.69) is 56.5 Å². The molecule has 0 saturated carbocycles. The Morgan fingerprint density at radius 2 is 2.30 bits per heavy atom. The van der Waals surface area contributed by atoms with Crippen molar-refractivity contribution in [2.75, 3.05) is 39.8 Å². The summed E-state index contributed by atoms with van der Waals surface area (Å²) in [5.74, 6) is 0. The van der Waals surface area contributed by atoms with Crippen LogP contribution in [0.25, 0.3) is 0 Å². The minimum absolute atomic E-state index is 0.722. The van der Waals surface area contributed by atoms with Crippen molar-refractivity contribution in [3.63, 3.8) is 0 Å². The number of thiophene rings is 1. The quantitative estimate of drug-likeness (QED) is 0.787. The largest absolute Gasteiger partial charge is 0.311 e. The van der Waals surface area contributed by atoms with Crippen LogP contribution in [0.2, 0.25) is 0 Å². The number of rotatable bonds is 6. The third-order valence-corrected chi connectivity index (χ3v) is 5.69. The molecule has 1 aliphatic rings. The SMILES string of the molecule is CCC1CN(C)CCCN1CCNCc1cc(Br)cs1.